The molecule has 17 heavy (non-hydrogen) atoms. The second kappa shape index (κ2) is 6.26. The molecule has 1 aromatic heterocycles. The van der Waals surface area contributed by atoms with Crippen LogP contribution in [-0.2, 0) is 0 Å². The summed E-state index contributed by atoms with van der Waals surface area (Å²) < 4.78 is 0.890. The van der Waals surface area contributed by atoms with Gasteiger partial charge in [-0.25, -0.2) is 4.98 Å². The molecule has 1 aliphatic rings. The summed E-state index contributed by atoms with van der Waals surface area (Å²) in [7, 11) is 0. The van der Waals surface area contributed by atoms with Crippen molar-refractivity contribution in [2.45, 2.75) is 31.1 Å². The van der Waals surface area contributed by atoms with E-state index in [1.165, 1.54) is 19.3 Å². The predicted octanol–water partition coefficient (Wildman–Crippen LogP) is 4.71. The van der Waals surface area contributed by atoms with Crippen LogP contribution in [0.1, 0.15) is 25.7 Å². The molecule has 1 aromatic rings. The fourth-order valence-corrected chi connectivity index (χ4v) is 3.23. The standard InChI is InChI=1S/C12H15BrCl2N2/c13-9-5-11(15)12(17-7-9)16-6-8-3-1-2-4-10(8)14/h5,7-8,10H,1-4,6H2,(H,16,17). The molecule has 0 saturated heterocycles. The zero-order chi connectivity index (χ0) is 12.3. The van der Waals surface area contributed by atoms with Crippen LogP contribution < -0.4 is 5.32 Å². The van der Waals surface area contributed by atoms with Crippen LogP contribution in [0.15, 0.2) is 16.7 Å². The fraction of sp³-hybridized carbons (Fsp3) is 0.583. The van der Waals surface area contributed by atoms with E-state index in [0.717, 1.165) is 23.3 Å². The molecule has 0 aromatic carbocycles. The van der Waals surface area contributed by atoms with Crippen molar-refractivity contribution in [3.63, 3.8) is 0 Å². The molecule has 0 radical (unpaired) electrons. The minimum Gasteiger partial charge on any atom is -0.369 e. The minimum atomic E-state index is 0.283. The SMILES string of the molecule is Clc1cc(Br)cnc1NCC1CCCCC1Cl. The van der Waals surface area contributed by atoms with Gasteiger partial charge in [-0.2, -0.15) is 0 Å². The summed E-state index contributed by atoms with van der Waals surface area (Å²) in [6.07, 6.45) is 6.58. The van der Waals surface area contributed by atoms with Gasteiger partial charge in [-0.05, 0) is 40.8 Å². The Labute approximate surface area is 120 Å². The second-order valence-electron chi connectivity index (χ2n) is 4.43. The number of aromatic nitrogens is 1. The third-order valence-corrected chi connectivity index (χ3v) is 4.45. The van der Waals surface area contributed by atoms with Gasteiger partial charge in [0, 0.05) is 22.6 Å². The number of nitrogens with one attached hydrogen (secondary N) is 1. The number of anilines is 1. The molecule has 2 nitrogen and oxygen atoms in total. The molecule has 1 fully saturated rings. The van der Waals surface area contributed by atoms with E-state index in [4.69, 9.17) is 23.2 Å². The third kappa shape index (κ3) is 3.73. The molecule has 2 rings (SSSR count). The van der Waals surface area contributed by atoms with Crippen molar-refractivity contribution in [3.05, 3.63) is 21.8 Å². The van der Waals surface area contributed by atoms with Crippen molar-refractivity contribution in [2.24, 2.45) is 5.92 Å². The highest BCUT2D eigenvalue weighted by molar-refractivity contribution is 9.10. The molecular weight excluding hydrogens is 323 g/mol. The number of rotatable bonds is 3. The Bertz CT molecular complexity index is 387. The highest BCUT2D eigenvalue weighted by Crippen LogP contribution is 2.29. The molecule has 2 unspecified atom stereocenters. The van der Waals surface area contributed by atoms with E-state index in [9.17, 15) is 0 Å². The van der Waals surface area contributed by atoms with Crippen molar-refractivity contribution in [3.8, 4) is 0 Å². The lowest BCUT2D eigenvalue weighted by molar-refractivity contribution is 0.380. The Morgan fingerprint density at radius 1 is 1.41 bits per heavy atom. The Hall–Kier alpha value is 0.01000. The number of hydrogen-bond donors (Lipinski definition) is 1. The minimum absolute atomic E-state index is 0.283. The molecule has 1 N–H and O–H groups in total. The molecule has 1 saturated carbocycles. The maximum atomic E-state index is 6.31. The number of alkyl halides is 1. The van der Waals surface area contributed by atoms with E-state index in [1.807, 2.05) is 6.07 Å². The van der Waals surface area contributed by atoms with E-state index in [-0.39, 0.29) is 5.38 Å². The highest BCUT2D eigenvalue weighted by atomic mass is 79.9. The van der Waals surface area contributed by atoms with Gasteiger partial charge >= 0.3 is 0 Å². The summed E-state index contributed by atoms with van der Waals surface area (Å²) in [5.74, 6) is 1.26. The van der Waals surface area contributed by atoms with E-state index >= 15 is 0 Å². The van der Waals surface area contributed by atoms with Crippen LogP contribution >= 0.6 is 39.1 Å². The number of halogens is 3. The van der Waals surface area contributed by atoms with Crippen LogP contribution in [0.4, 0.5) is 5.82 Å². The lowest BCUT2D eigenvalue weighted by atomic mass is 9.89. The van der Waals surface area contributed by atoms with Gasteiger partial charge in [0.2, 0.25) is 0 Å². The van der Waals surface area contributed by atoms with Gasteiger partial charge in [0.25, 0.3) is 0 Å². The fourth-order valence-electron chi connectivity index (χ4n) is 2.16. The smallest absolute Gasteiger partial charge is 0.144 e. The zero-order valence-corrected chi connectivity index (χ0v) is 12.5. The lowest BCUT2D eigenvalue weighted by Crippen LogP contribution is -2.27. The molecule has 94 valence electrons. The Kier molecular flexibility index (Phi) is 4.95. The third-order valence-electron chi connectivity index (χ3n) is 3.16. The van der Waals surface area contributed by atoms with Crippen molar-refractivity contribution in [1.29, 1.82) is 0 Å². The summed E-state index contributed by atoms with van der Waals surface area (Å²) in [5.41, 5.74) is 0. The maximum absolute atomic E-state index is 6.31. The molecule has 0 bridgehead atoms. The Morgan fingerprint density at radius 2 is 2.18 bits per heavy atom. The van der Waals surface area contributed by atoms with Crippen molar-refractivity contribution < 1.29 is 0 Å². The normalized spacial score (nSPS) is 24.6. The average Bonchev–Trinajstić information content (AvgIpc) is 2.30. The van der Waals surface area contributed by atoms with Crippen molar-refractivity contribution >= 4 is 44.9 Å². The molecule has 0 amide bonds. The Balaban J connectivity index is 1.92. The van der Waals surface area contributed by atoms with Gasteiger partial charge in [-0.3, -0.25) is 0 Å². The van der Waals surface area contributed by atoms with Crippen molar-refractivity contribution in [1.82, 2.24) is 4.98 Å². The number of hydrogen-bond acceptors (Lipinski definition) is 2. The summed E-state index contributed by atoms with van der Waals surface area (Å²) in [6, 6.07) is 1.84. The molecular formula is C12H15BrCl2N2. The summed E-state index contributed by atoms with van der Waals surface area (Å²) in [5, 5.41) is 4.21. The summed E-state index contributed by atoms with van der Waals surface area (Å²) in [4.78, 5) is 4.25. The lowest BCUT2D eigenvalue weighted by Gasteiger charge is -2.27. The largest absolute Gasteiger partial charge is 0.369 e. The first kappa shape index (κ1) is 13.4. The van der Waals surface area contributed by atoms with Gasteiger partial charge in [0.15, 0.2) is 0 Å². The summed E-state index contributed by atoms with van der Waals surface area (Å²) in [6.45, 7) is 0.850. The number of nitrogens with zero attached hydrogens (tertiary/aromatic N) is 1. The van der Waals surface area contributed by atoms with Crippen LogP contribution in [0, 0.1) is 5.92 Å². The van der Waals surface area contributed by atoms with Crippen LogP contribution in [-0.4, -0.2) is 16.9 Å². The molecule has 0 spiro atoms. The highest BCUT2D eigenvalue weighted by Gasteiger charge is 2.23. The molecule has 1 heterocycles. The zero-order valence-electron chi connectivity index (χ0n) is 9.43. The van der Waals surface area contributed by atoms with Gasteiger partial charge < -0.3 is 5.32 Å². The molecule has 5 heteroatoms. The van der Waals surface area contributed by atoms with Gasteiger partial charge in [0.1, 0.15) is 5.82 Å². The van der Waals surface area contributed by atoms with Crippen LogP contribution in [0.5, 0.6) is 0 Å². The van der Waals surface area contributed by atoms with Gasteiger partial charge in [0.05, 0.1) is 5.02 Å². The second-order valence-corrected chi connectivity index (χ2v) is 6.31. The molecule has 1 aliphatic carbocycles. The van der Waals surface area contributed by atoms with Crippen LogP contribution in [0.25, 0.3) is 0 Å². The first-order chi connectivity index (χ1) is 8.16. The van der Waals surface area contributed by atoms with Crippen molar-refractivity contribution in [2.75, 3.05) is 11.9 Å². The quantitative estimate of drug-likeness (QED) is 0.808. The first-order valence-corrected chi connectivity index (χ1v) is 7.46. The monoisotopic (exact) mass is 336 g/mol. The van der Waals surface area contributed by atoms with Crippen LogP contribution in [0.3, 0.4) is 0 Å². The van der Waals surface area contributed by atoms with Gasteiger partial charge in [-0.15, -0.1) is 11.6 Å². The Morgan fingerprint density at radius 3 is 2.88 bits per heavy atom. The average molecular weight is 338 g/mol. The van der Waals surface area contributed by atoms with Crippen LogP contribution in [0.2, 0.25) is 5.02 Å². The summed E-state index contributed by atoms with van der Waals surface area (Å²) >= 11 is 15.7. The maximum Gasteiger partial charge on any atom is 0.144 e. The van der Waals surface area contributed by atoms with E-state index in [1.54, 1.807) is 6.20 Å². The van der Waals surface area contributed by atoms with E-state index in [0.29, 0.717) is 10.9 Å². The molecule has 0 aliphatic heterocycles. The van der Waals surface area contributed by atoms with E-state index in [2.05, 4.69) is 26.2 Å². The number of pyridine rings is 1. The topological polar surface area (TPSA) is 24.9 Å². The van der Waals surface area contributed by atoms with Gasteiger partial charge in [-0.1, -0.05) is 24.4 Å². The predicted molar refractivity (Wildman–Crippen MR) is 77.0 cm³/mol. The first-order valence-electron chi connectivity index (χ1n) is 5.86. The van der Waals surface area contributed by atoms with E-state index < -0.39 is 0 Å². The molecule has 2 atom stereocenters.